The predicted molar refractivity (Wildman–Crippen MR) is 135 cm³/mol. The van der Waals surface area contributed by atoms with Gasteiger partial charge < -0.3 is 9.64 Å². The number of carbonyl (C=O) groups is 1. The van der Waals surface area contributed by atoms with Crippen molar-refractivity contribution in [3.05, 3.63) is 66.1 Å². The number of ether oxygens (including phenoxy) is 1. The fourth-order valence-electron chi connectivity index (χ4n) is 4.80. The highest BCUT2D eigenvalue weighted by atomic mass is 32.2. The van der Waals surface area contributed by atoms with E-state index in [0.717, 1.165) is 32.1 Å². The number of rotatable bonds is 6. The number of pyridine rings is 1. The van der Waals surface area contributed by atoms with E-state index in [1.165, 1.54) is 30.8 Å². The van der Waals surface area contributed by atoms with Gasteiger partial charge in [0.15, 0.2) is 0 Å². The van der Waals surface area contributed by atoms with Crippen molar-refractivity contribution in [3.8, 4) is 0 Å². The first-order valence-corrected chi connectivity index (χ1v) is 13.7. The molecule has 1 unspecified atom stereocenters. The van der Waals surface area contributed by atoms with Gasteiger partial charge >= 0.3 is 0 Å². The molecule has 36 heavy (non-hydrogen) atoms. The molecule has 2 aliphatic rings. The van der Waals surface area contributed by atoms with Crippen LogP contribution in [0.15, 0.2) is 59.6 Å². The van der Waals surface area contributed by atoms with Gasteiger partial charge in [-0.25, -0.2) is 12.8 Å². The number of carbonyl (C=O) groups excluding carboxylic acids is 1. The topological polar surface area (TPSA) is 91.8 Å². The number of aromatic nitrogens is 1. The van der Waals surface area contributed by atoms with Gasteiger partial charge in [-0.15, -0.1) is 0 Å². The van der Waals surface area contributed by atoms with Crippen molar-refractivity contribution in [2.75, 3.05) is 44.1 Å². The van der Waals surface area contributed by atoms with E-state index in [4.69, 9.17) is 4.74 Å². The monoisotopic (exact) mass is 512 g/mol. The molecule has 0 aliphatic carbocycles. The number of fused-ring (bicyclic) bond motifs is 1. The maximum absolute atomic E-state index is 15.0. The van der Waals surface area contributed by atoms with Crippen LogP contribution in [0.4, 0.5) is 10.1 Å². The first kappa shape index (κ1) is 24.6. The highest BCUT2D eigenvalue weighted by molar-refractivity contribution is 7.93. The van der Waals surface area contributed by atoms with Crippen molar-refractivity contribution >= 4 is 32.5 Å². The zero-order valence-corrected chi connectivity index (χ0v) is 20.7. The highest BCUT2D eigenvalue weighted by Gasteiger charge is 2.27. The average Bonchev–Trinajstić information content (AvgIpc) is 2.89. The molecule has 10 heteroatoms. The summed E-state index contributed by atoms with van der Waals surface area (Å²) in [7, 11) is -4.02. The standard InChI is InChI=1S/C26H29FN4O4S/c27-23-17-20(29-36(33,34)24-8-3-5-19-6-4-11-28-25(19)24)9-10-22(23)26(32)31-14-12-30(13-15-31)18-21-7-1-2-16-35-21/h3-6,8-11,17,21,29H,1-2,7,12-16,18H2. The summed E-state index contributed by atoms with van der Waals surface area (Å²) in [6.07, 6.45) is 5.14. The summed E-state index contributed by atoms with van der Waals surface area (Å²) in [5.41, 5.74) is 0.289. The molecule has 1 aromatic heterocycles. The maximum Gasteiger partial charge on any atom is 0.264 e. The van der Waals surface area contributed by atoms with Crippen LogP contribution in [0.5, 0.6) is 0 Å². The molecular weight excluding hydrogens is 483 g/mol. The summed E-state index contributed by atoms with van der Waals surface area (Å²) < 4.78 is 49.2. The molecule has 3 heterocycles. The van der Waals surface area contributed by atoms with Crippen LogP contribution < -0.4 is 4.72 Å². The van der Waals surface area contributed by atoms with E-state index in [-0.39, 0.29) is 22.3 Å². The number of anilines is 1. The number of hydrogen-bond donors (Lipinski definition) is 1. The third-order valence-corrected chi connectivity index (χ3v) is 8.15. The number of hydrogen-bond acceptors (Lipinski definition) is 6. The predicted octanol–water partition coefficient (Wildman–Crippen LogP) is 3.50. The number of nitrogens with one attached hydrogen (secondary N) is 1. The SMILES string of the molecule is O=C(c1ccc(NS(=O)(=O)c2cccc3cccnc23)cc1F)N1CCN(CC2CCCCO2)CC1. The fourth-order valence-corrected chi connectivity index (χ4v) is 6.03. The third-order valence-electron chi connectivity index (χ3n) is 6.73. The van der Waals surface area contributed by atoms with Crippen molar-refractivity contribution in [1.82, 2.24) is 14.8 Å². The zero-order valence-electron chi connectivity index (χ0n) is 19.9. The number of para-hydroxylation sites is 1. The van der Waals surface area contributed by atoms with E-state index < -0.39 is 21.7 Å². The van der Waals surface area contributed by atoms with E-state index in [9.17, 15) is 17.6 Å². The Morgan fingerprint density at radius 3 is 2.64 bits per heavy atom. The van der Waals surface area contributed by atoms with Crippen LogP contribution in [0.2, 0.25) is 0 Å². The summed E-state index contributed by atoms with van der Waals surface area (Å²) in [6, 6.07) is 12.1. The smallest absolute Gasteiger partial charge is 0.264 e. The molecule has 1 atom stereocenters. The lowest BCUT2D eigenvalue weighted by molar-refractivity contribution is -0.0130. The number of piperazine rings is 1. The minimum atomic E-state index is -4.02. The molecule has 0 radical (unpaired) electrons. The Bertz CT molecular complexity index is 1350. The Kier molecular flexibility index (Phi) is 7.17. The molecular formula is C26H29FN4O4S. The summed E-state index contributed by atoms with van der Waals surface area (Å²) in [4.78, 5) is 21.1. The highest BCUT2D eigenvalue weighted by Crippen LogP contribution is 2.25. The molecule has 0 bridgehead atoms. The van der Waals surface area contributed by atoms with Crippen LogP contribution in [0.1, 0.15) is 29.6 Å². The van der Waals surface area contributed by atoms with E-state index in [1.807, 2.05) is 0 Å². The molecule has 5 rings (SSSR count). The van der Waals surface area contributed by atoms with Crippen molar-refractivity contribution in [2.45, 2.75) is 30.3 Å². The quantitative estimate of drug-likeness (QED) is 0.544. The Hall–Kier alpha value is -3.08. The van der Waals surface area contributed by atoms with Gasteiger partial charge in [-0.1, -0.05) is 18.2 Å². The molecule has 2 aromatic carbocycles. The van der Waals surface area contributed by atoms with Crippen LogP contribution in [0.3, 0.4) is 0 Å². The largest absolute Gasteiger partial charge is 0.377 e. The van der Waals surface area contributed by atoms with Crippen LogP contribution in [-0.2, 0) is 14.8 Å². The third kappa shape index (κ3) is 5.35. The first-order valence-electron chi connectivity index (χ1n) is 12.2. The van der Waals surface area contributed by atoms with E-state index in [1.54, 1.807) is 29.2 Å². The molecule has 1 amide bonds. The first-order chi connectivity index (χ1) is 17.4. The second kappa shape index (κ2) is 10.5. The molecule has 0 spiro atoms. The van der Waals surface area contributed by atoms with Gasteiger partial charge in [-0.05, 0) is 49.6 Å². The van der Waals surface area contributed by atoms with Crippen LogP contribution in [-0.4, -0.2) is 74.5 Å². The van der Waals surface area contributed by atoms with E-state index in [0.29, 0.717) is 37.1 Å². The molecule has 190 valence electrons. The average molecular weight is 513 g/mol. The van der Waals surface area contributed by atoms with Crippen molar-refractivity contribution in [1.29, 1.82) is 0 Å². The Balaban J connectivity index is 1.24. The minimum absolute atomic E-state index is 0.00217. The molecule has 0 saturated carbocycles. The summed E-state index contributed by atoms with van der Waals surface area (Å²) in [6.45, 7) is 4.11. The van der Waals surface area contributed by atoms with Crippen LogP contribution >= 0.6 is 0 Å². The van der Waals surface area contributed by atoms with Crippen molar-refractivity contribution in [2.24, 2.45) is 0 Å². The number of nitrogens with zero attached hydrogens (tertiary/aromatic N) is 3. The molecule has 1 N–H and O–H groups in total. The molecule has 8 nitrogen and oxygen atoms in total. The van der Waals surface area contributed by atoms with Gasteiger partial charge in [-0.3, -0.25) is 19.4 Å². The lowest BCUT2D eigenvalue weighted by atomic mass is 10.1. The Morgan fingerprint density at radius 2 is 1.89 bits per heavy atom. The molecule has 2 fully saturated rings. The van der Waals surface area contributed by atoms with Crippen molar-refractivity contribution in [3.63, 3.8) is 0 Å². The van der Waals surface area contributed by atoms with Gasteiger partial charge in [-0.2, -0.15) is 0 Å². The second-order valence-electron chi connectivity index (χ2n) is 9.21. The number of benzene rings is 2. The van der Waals surface area contributed by atoms with Crippen LogP contribution in [0, 0.1) is 5.82 Å². The van der Waals surface area contributed by atoms with E-state index in [2.05, 4.69) is 14.6 Å². The Labute approximate surface area is 210 Å². The van der Waals surface area contributed by atoms with Crippen LogP contribution in [0.25, 0.3) is 10.9 Å². The Morgan fingerprint density at radius 1 is 1.08 bits per heavy atom. The molecule has 2 aliphatic heterocycles. The summed E-state index contributed by atoms with van der Waals surface area (Å²) >= 11 is 0. The zero-order chi connectivity index (χ0) is 25.1. The van der Waals surface area contributed by atoms with Gasteiger partial charge in [0.25, 0.3) is 15.9 Å². The minimum Gasteiger partial charge on any atom is -0.377 e. The van der Waals surface area contributed by atoms with Gasteiger partial charge in [0.2, 0.25) is 0 Å². The van der Waals surface area contributed by atoms with Crippen molar-refractivity contribution < 1.29 is 22.3 Å². The number of sulfonamides is 1. The number of amides is 1. The van der Waals surface area contributed by atoms with Gasteiger partial charge in [0.1, 0.15) is 10.7 Å². The normalized spacial score (nSPS) is 19.4. The number of halogens is 1. The lowest BCUT2D eigenvalue weighted by Gasteiger charge is -2.37. The molecule has 3 aromatic rings. The lowest BCUT2D eigenvalue weighted by Crippen LogP contribution is -2.51. The van der Waals surface area contributed by atoms with Gasteiger partial charge in [0.05, 0.1) is 22.9 Å². The second-order valence-corrected chi connectivity index (χ2v) is 10.9. The maximum atomic E-state index is 15.0. The molecule has 2 saturated heterocycles. The summed E-state index contributed by atoms with van der Waals surface area (Å²) in [5.74, 6) is -1.16. The fraction of sp³-hybridized carbons (Fsp3) is 0.385. The van der Waals surface area contributed by atoms with Gasteiger partial charge in [0, 0.05) is 50.9 Å². The van der Waals surface area contributed by atoms with E-state index >= 15 is 0 Å². The summed E-state index contributed by atoms with van der Waals surface area (Å²) in [5, 5.41) is 0.680.